The maximum atomic E-state index is 12.4. The molecule has 1 N–H and O–H groups in total. The van der Waals surface area contributed by atoms with Crippen LogP contribution < -0.4 is 10.3 Å². The SMILES string of the molecule is COc1ccc2cc3c(=O)[nH]c(-c4ccccc4)nc3nc2c1. The van der Waals surface area contributed by atoms with E-state index in [4.69, 9.17) is 4.74 Å². The number of aromatic nitrogens is 3. The van der Waals surface area contributed by atoms with Crippen LogP contribution in [0, 0.1) is 0 Å². The zero-order valence-corrected chi connectivity index (χ0v) is 12.4. The highest BCUT2D eigenvalue weighted by Crippen LogP contribution is 2.22. The number of pyridine rings is 1. The molecule has 0 saturated heterocycles. The van der Waals surface area contributed by atoms with Crippen molar-refractivity contribution in [1.82, 2.24) is 15.0 Å². The van der Waals surface area contributed by atoms with E-state index in [-0.39, 0.29) is 5.56 Å². The van der Waals surface area contributed by atoms with Gasteiger partial charge in [-0.1, -0.05) is 30.3 Å². The average molecular weight is 303 g/mol. The lowest BCUT2D eigenvalue weighted by molar-refractivity contribution is 0.415. The highest BCUT2D eigenvalue weighted by Gasteiger charge is 2.09. The van der Waals surface area contributed by atoms with Crippen molar-refractivity contribution in [2.45, 2.75) is 0 Å². The van der Waals surface area contributed by atoms with E-state index >= 15 is 0 Å². The van der Waals surface area contributed by atoms with Crippen molar-refractivity contribution < 1.29 is 4.74 Å². The first kappa shape index (κ1) is 13.5. The average Bonchev–Trinajstić information content (AvgIpc) is 2.60. The van der Waals surface area contributed by atoms with Crippen LogP contribution in [0.15, 0.2) is 59.4 Å². The maximum Gasteiger partial charge on any atom is 0.260 e. The smallest absolute Gasteiger partial charge is 0.260 e. The van der Waals surface area contributed by atoms with Gasteiger partial charge in [-0.15, -0.1) is 0 Å². The lowest BCUT2D eigenvalue weighted by atomic mass is 10.1. The molecule has 112 valence electrons. The van der Waals surface area contributed by atoms with Gasteiger partial charge < -0.3 is 9.72 Å². The molecule has 23 heavy (non-hydrogen) atoms. The fourth-order valence-electron chi connectivity index (χ4n) is 2.56. The van der Waals surface area contributed by atoms with Gasteiger partial charge in [0, 0.05) is 17.0 Å². The summed E-state index contributed by atoms with van der Waals surface area (Å²) in [6, 6.07) is 16.9. The monoisotopic (exact) mass is 303 g/mol. The molecule has 0 atom stereocenters. The Labute approximate surface area is 131 Å². The summed E-state index contributed by atoms with van der Waals surface area (Å²) in [4.78, 5) is 24.2. The maximum absolute atomic E-state index is 12.4. The van der Waals surface area contributed by atoms with Gasteiger partial charge in [0.25, 0.3) is 5.56 Å². The van der Waals surface area contributed by atoms with Crippen molar-refractivity contribution in [3.8, 4) is 17.1 Å². The Kier molecular flexibility index (Phi) is 3.05. The van der Waals surface area contributed by atoms with Gasteiger partial charge in [-0.25, -0.2) is 9.97 Å². The Morgan fingerprint density at radius 1 is 1.00 bits per heavy atom. The molecule has 0 spiro atoms. The second-order valence-corrected chi connectivity index (χ2v) is 5.20. The number of hydrogen-bond donors (Lipinski definition) is 1. The van der Waals surface area contributed by atoms with Crippen molar-refractivity contribution in [1.29, 1.82) is 0 Å². The van der Waals surface area contributed by atoms with Gasteiger partial charge in [0.05, 0.1) is 18.0 Å². The molecule has 0 aliphatic carbocycles. The third-order valence-corrected chi connectivity index (χ3v) is 3.75. The molecule has 0 radical (unpaired) electrons. The standard InChI is InChI=1S/C18H13N3O2/c1-23-13-8-7-12-9-14-17(19-15(12)10-13)20-16(21-18(14)22)11-5-3-2-4-6-11/h2-10H,1H3,(H,19,20,21,22). The minimum atomic E-state index is -0.195. The van der Waals surface area contributed by atoms with E-state index in [0.29, 0.717) is 16.9 Å². The largest absolute Gasteiger partial charge is 0.497 e. The molecule has 4 rings (SSSR count). The summed E-state index contributed by atoms with van der Waals surface area (Å²) in [6.07, 6.45) is 0. The highest BCUT2D eigenvalue weighted by atomic mass is 16.5. The summed E-state index contributed by atoms with van der Waals surface area (Å²) in [5, 5.41) is 1.35. The van der Waals surface area contributed by atoms with E-state index in [0.717, 1.165) is 22.2 Å². The second kappa shape index (κ2) is 5.21. The first-order chi connectivity index (χ1) is 11.2. The molecule has 5 nitrogen and oxygen atoms in total. The Hall–Kier alpha value is -3.21. The third-order valence-electron chi connectivity index (χ3n) is 3.75. The predicted octanol–water partition coefficient (Wildman–Crippen LogP) is 3.15. The number of nitrogens with zero attached hydrogens (tertiary/aromatic N) is 2. The summed E-state index contributed by atoms with van der Waals surface area (Å²) in [7, 11) is 1.61. The van der Waals surface area contributed by atoms with Crippen molar-refractivity contribution in [2.24, 2.45) is 0 Å². The highest BCUT2D eigenvalue weighted by molar-refractivity contribution is 5.91. The molecule has 0 aliphatic rings. The Morgan fingerprint density at radius 3 is 2.61 bits per heavy atom. The molecule has 4 aromatic rings. The molecule has 2 aromatic carbocycles. The molecule has 0 saturated carbocycles. The molecular weight excluding hydrogens is 290 g/mol. The van der Waals surface area contributed by atoms with Gasteiger partial charge >= 0.3 is 0 Å². The number of methoxy groups -OCH3 is 1. The minimum Gasteiger partial charge on any atom is -0.497 e. The van der Waals surface area contributed by atoms with E-state index in [1.165, 1.54) is 0 Å². The number of hydrogen-bond acceptors (Lipinski definition) is 4. The Balaban J connectivity index is 2.00. The Bertz CT molecular complexity index is 1070. The number of H-pyrrole nitrogens is 1. The van der Waals surface area contributed by atoms with Crippen molar-refractivity contribution in [3.05, 3.63) is 65.0 Å². The zero-order valence-electron chi connectivity index (χ0n) is 12.4. The van der Waals surface area contributed by atoms with Gasteiger partial charge in [-0.05, 0) is 18.2 Å². The van der Waals surface area contributed by atoms with E-state index in [9.17, 15) is 4.79 Å². The molecule has 0 aliphatic heterocycles. The lowest BCUT2D eigenvalue weighted by Crippen LogP contribution is -2.10. The van der Waals surface area contributed by atoms with Gasteiger partial charge in [0.1, 0.15) is 11.6 Å². The summed E-state index contributed by atoms with van der Waals surface area (Å²) in [5.74, 6) is 1.23. The quantitative estimate of drug-likeness (QED) is 0.578. The van der Waals surface area contributed by atoms with E-state index in [2.05, 4.69) is 15.0 Å². The van der Waals surface area contributed by atoms with Gasteiger partial charge in [-0.2, -0.15) is 0 Å². The summed E-state index contributed by atoms with van der Waals surface area (Å²) < 4.78 is 5.22. The van der Waals surface area contributed by atoms with Gasteiger partial charge in [0.2, 0.25) is 0 Å². The molecular formula is C18H13N3O2. The summed E-state index contributed by atoms with van der Waals surface area (Å²) >= 11 is 0. The van der Waals surface area contributed by atoms with Crippen molar-refractivity contribution >= 4 is 21.9 Å². The first-order valence-corrected chi connectivity index (χ1v) is 7.19. The molecule has 0 fully saturated rings. The second-order valence-electron chi connectivity index (χ2n) is 5.20. The topological polar surface area (TPSA) is 67.9 Å². The zero-order chi connectivity index (χ0) is 15.8. The first-order valence-electron chi connectivity index (χ1n) is 7.19. The molecule has 0 amide bonds. The fourth-order valence-corrected chi connectivity index (χ4v) is 2.56. The summed E-state index contributed by atoms with van der Waals surface area (Å²) in [6.45, 7) is 0. The van der Waals surface area contributed by atoms with E-state index < -0.39 is 0 Å². The van der Waals surface area contributed by atoms with Gasteiger partial charge in [-0.3, -0.25) is 4.79 Å². The number of nitrogens with one attached hydrogen (secondary N) is 1. The van der Waals surface area contributed by atoms with Crippen LogP contribution >= 0.6 is 0 Å². The Morgan fingerprint density at radius 2 is 1.83 bits per heavy atom. The van der Waals surface area contributed by atoms with Crippen molar-refractivity contribution in [3.63, 3.8) is 0 Å². The summed E-state index contributed by atoms with van der Waals surface area (Å²) in [5.41, 5.74) is 1.82. The van der Waals surface area contributed by atoms with Crippen LogP contribution in [0.4, 0.5) is 0 Å². The third kappa shape index (κ3) is 2.32. The van der Waals surface area contributed by atoms with Crippen LogP contribution in [-0.4, -0.2) is 22.1 Å². The molecule has 5 heteroatoms. The number of benzene rings is 2. The van der Waals surface area contributed by atoms with Crippen LogP contribution in [0.3, 0.4) is 0 Å². The van der Waals surface area contributed by atoms with Crippen LogP contribution in [0.1, 0.15) is 0 Å². The number of aromatic amines is 1. The van der Waals surface area contributed by atoms with E-state index in [1.807, 2.05) is 48.5 Å². The number of ether oxygens (including phenoxy) is 1. The minimum absolute atomic E-state index is 0.195. The lowest BCUT2D eigenvalue weighted by Gasteiger charge is -2.05. The van der Waals surface area contributed by atoms with Gasteiger partial charge in [0.15, 0.2) is 5.65 Å². The van der Waals surface area contributed by atoms with Crippen molar-refractivity contribution in [2.75, 3.05) is 7.11 Å². The normalized spacial score (nSPS) is 11.0. The van der Waals surface area contributed by atoms with Crippen LogP contribution in [0.2, 0.25) is 0 Å². The molecule has 2 heterocycles. The predicted molar refractivity (Wildman–Crippen MR) is 89.7 cm³/mol. The molecule has 2 aromatic heterocycles. The molecule has 0 unspecified atom stereocenters. The number of fused-ring (bicyclic) bond motifs is 2. The van der Waals surface area contributed by atoms with Crippen LogP contribution in [-0.2, 0) is 0 Å². The van der Waals surface area contributed by atoms with Crippen LogP contribution in [0.5, 0.6) is 5.75 Å². The molecule has 0 bridgehead atoms. The van der Waals surface area contributed by atoms with Crippen LogP contribution in [0.25, 0.3) is 33.3 Å². The fraction of sp³-hybridized carbons (Fsp3) is 0.0556. The number of rotatable bonds is 2. The van der Waals surface area contributed by atoms with E-state index in [1.54, 1.807) is 13.2 Å².